The van der Waals surface area contributed by atoms with E-state index in [-0.39, 0.29) is 23.2 Å². The van der Waals surface area contributed by atoms with Crippen LogP contribution in [0.3, 0.4) is 0 Å². The van der Waals surface area contributed by atoms with Gasteiger partial charge in [0.05, 0.1) is 13.2 Å². The summed E-state index contributed by atoms with van der Waals surface area (Å²) in [6.45, 7) is 2.79. The summed E-state index contributed by atoms with van der Waals surface area (Å²) < 4.78 is 38.2. The number of halogens is 1. The van der Waals surface area contributed by atoms with E-state index in [1.807, 2.05) is 0 Å². The standard InChI is InChI=1S/C17H23ClN2O5S/c18-14-4-5-15(25-13-17(21)19-8-10-24-11-9-19)16(12-14)26(22,23)20-6-2-1-3-7-20/h4-5,12H,1-3,6-11,13H2. The number of piperidine rings is 1. The molecule has 2 fully saturated rings. The summed E-state index contributed by atoms with van der Waals surface area (Å²) in [6.07, 6.45) is 2.70. The van der Waals surface area contributed by atoms with Crippen molar-refractivity contribution in [2.75, 3.05) is 46.0 Å². The van der Waals surface area contributed by atoms with Gasteiger partial charge in [-0.2, -0.15) is 4.31 Å². The van der Waals surface area contributed by atoms with Crippen LogP contribution in [0.25, 0.3) is 0 Å². The van der Waals surface area contributed by atoms with Gasteiger partial charge < -0.3 is 14.4 Å². The first-order valence-electron chi connectivity index (χ1n) is 8.76. The highest BCUT2D eigenvalue weighted by Crippen LogP contribution is 2.31. The van der Waals surface area contributed by atoms with Crippen molar-refractivity contribution in [3.63, 3.8) is 0 Å². The van der Waals surface area contributed by atoms with Crippen LogP contribution in [0.2, 0.25) is 5.02 Å². The normalized spacial score (nSPS) is 19.3. The first-order valence-corrected chi connectivity index (χ1v) is 10.6. The van der Waals surface area contributed by atoms with E-state index in [4.69, 9.17) is 21.1 Å². The molecule has 0 aromatic heterocycles. The van der Waals surface area contributed by atoms with Crippen LogP contribution in [0.5, 0.6) is 5.75 Å². The molecule has 7 nitrogen and oxygen atoms in total. The molecule has 144 valence electrons. The third kappa shape index (κ3) is 4.49. The van der Waals surface area contributed by atoms with Crippen LogP contribution < -0.4 is 4.74 Å². The van der Waals surface area contributed by atoms with Gasteiger partial charge in [-0.05, 0) is 31.0 Å². The topological polar surface area (TPSA) is 76.2 Å². The zero-order valence-corrected chi connectivity index (χ0v) is 16.1. The molecule has 1 amide bonds. The average Bonchev–Trinajstić information content (AvgIpc) is 2.68. The van der Waals surface area contributed by atoms with Gasteiger partial charge in [0, 0.05) is 31.2 Å². The fourth-order valence-corrected chi connectivity index (χ4v) is 5.00. The van der Waals surface area contributed by atoms with Gasteiger partial charge in [-0.25, -0.2) is 8.42 Å². The highest BCUT2D eigenvalue weighted by atomic mass is 35.5. The van der Waals surface area contributed by atoms with Gasteiger partial charge in [0.2, 0.25) is 10.0 Å². The van der Waals surface area contributed by atoms with Crippen molar-refractivity contribution in [3.8, 4) is 5.75 Å². The number of hydrogen-bond donors (Lipinski definition) is 0. The maximum Gasteiger partial charge on any atom is 0.260 e. The molecule has 9 heteroatoms. The van der Waals surface area contributed by atoms with Crippen LogP contribution in [-0.2, 0) is 19.6 Å². The molecular weight excluding hydrogens is 380 g/mol. The van der Waals surface area contributed by atoms with Crippen LogP contribution in [-0.4, -0.2) is 69.5 Å². The molecule has 2 aliphatic rings. The minimum absolute atomic E-state index is 0.0154. The number of nitrogens with zero attached hydrogens (tertiary/aromatic N) is 2. The van der Waals surface area contributed by atoms with E-state index < -0.39 is 10.0 Å². The van der Waals surface area contributed by atoms with Gasteiger partial charge in [0.1, 0.15) is 10.6 Å². The van der Waals surface area contributed by atoms with Gasteiger partial charge in [-0.15, -0.1) is 0 Å². The molecule has 0 radical (unpaired) electrons. The molecule has 0 saturated carbocycles. The molecule has 0 aliphatic carbocycles. The summed E-state index contributed by atoms with van der Waals surface area (Å²) in [5, 5.41) is 0.312. The first-order chi connectivity index (χ1) is 12.5. The Morgan fingerprint density at radius 3 is 2.50 bits per heavy atom. The number of ether oxygens (including phenoxy) is 2. The monoisotopic (exact) mass is 402 g/mol. The summed E-state index contributed by atoms with van der Waals surface area (Å²) in [4.78, 5) is 13.9. The summed E-state index contributed by atoms with van der Waals surface area (Å²) in [7, 11) is -3.71. The lowest BCUT2D eigenvalue weighted by atomic mass is 10.2. The second-order valence-electron chi connectivity index (χ2n) is 6.34. The van der Waals surface area contributed by atoms with Crippen molar-refractivity contribution in [3.05, 3.63) is 23.2 Å². The molecule has 2 heterocycles. The minimum atomic E-state index is -3.71. The summed E-state index contributed by atoms with van der Waals surface area (Å²) in [6, 6.07) is 4.46. The minimum Gasteiger partial charge on any atom is -0.482 e. The SMILES string of the molecule is O=C(COc1ccc(Cl)cc1S(=O)(=O)N1CCCCC1)N1CCOCC1. The van der Waals surface area contributed by atoms with Crippen LogP contribution in [0.4, 0.5) is 0 Å². The van der Waals surface area contributed by atoms with E-state index in [0.717, 1.165) is 19.3 Å². The van der Waals surface area contributed by atoms with Crippen molar-refractivity contribution in [1.29, 1.82) is 0 Å². The highest BCUT2D eigenvalue weighted by Gasteiger charge is 2.29. The molecular formula is C17H23ClN2O5S. The van der Waals surface area contributed by atoms with Gasteiger partial charge >= 0.3 is 0 Å². The maximum atomic E-state index is 13.0. The number of benzene rings is 1. The van der Waals surface area contributed by atoms with Gasteiger partial charge in [0.15, 0.2) is 6.61 Å². The molecule has 1 aromatic carbocycles. The van der Waals surface area contributed by atoms with Crippen LogP contribution in [0.15, 0.2) is 23.1 Å². The molecule has 26 heavy (non-hydrogen) atoms. The van der Waals surface area contributed by atoms with E-state index in [0.29, 0.717) is 44.4 Å². The first kappa shape index (κ1) is 19.4. The Morgan fingerprint density at radius 1 is 1.12 bits per heavy atom. The number of morpholine rings is 1. The molecule has 0 N–H and O–H groups in total. The molecule has 0 spiro atoms. The van der Waals surface area contributed by atoms with Crippen molar-refractivity contribution in [2.45, 2.75) is 24.2 Å². The van der Waals surface area contributed by atoms with E-state index >= 15 is 0 Å². The number of hydrogen-bond acceptors (Lipinski definition) is 5. The van der Waals surface area contributed by atoms with Crippen molar-refractivity contribution in [1.82, 2.24) is 9.21 Å². The zero-order valence-electron chi connectivity index (χ0n) is 14.5. The van der Waals surface area contributed by atoms with Crippen LogP contribution in [0.1, 0.15) is 19.3 Å². The molecule has 2 saturated heterocycles. The Bertz CT molecular complexity index is 744. The predicted molar refractivity (Wildman–Crippen MR) is 97.0 cm³/mol. The predicted octanol–water partition coefficient (Wildman–Crippen LogP) is 1.75. The average molecular weight is 403 g/mol. The van der Waals surface area contributed by atoms with E-state index in [1.54, 1.807) is 11.0 Å². The third-order valence-corrected chi connectivity index (χ3v) is 6.71. The second kappa shape index (κ2) is 8.56. The number of carbonyl (C=O) groups excluding carboxylic acids is 1. The summed E-state index contributed by atoms with van der Waals surface area (Å²) >= 11 is 6.02. The molecule has 2 aliphatic heterocycles. The lowest BCUT2D eigenvalue weighted by Gasteiger charge is -2.28. The van der Waals surface area contributed by atoms with Gasteiger partial charge in [-0.3, -0.25) is 4.79 Å². The molecule has 0 unspecified atom stereocenters. The molecule has 3 rings (SSSR count). The Balaban J connectivity index is 1.76. The smallest absolute Gasteiger partial charge is 0.260 e. The van der Waals surface area contributed by atoms with Gasteiger partial charge in [-0.1, -0.05) is 18.0 Å². The Kier molecular flexibility index (Phi) is 6.39. The van der Waals surface area contributed by atoms with E-state index in [2.05, 4.69) is 0 Å². The number of carbonyl (C=O) groups is 1. The Hall–Kier alpha value is -1.35. The molecule has 0 atom stereocenters. The highest BCUT2D eigenvalue weighted by molar-refractivity contribution is 7.89. The molecule has 0 bridgehead atoms. The quantitative estimate of drug-likeness (QED) is 0.750. The number of sulfonamides is 1. The van der Waals surface area contributed by atoms with Crippen molar-refractivity contribution < 1.29 is 22.7 Å². The van der Waals surface area contributed by atoms with Crippen LogP contribution >= 0.6 is 11.6 Å². The Labute approximate surface area is 158 Å². The summed E-state index contributed by atoms with van der Waals surface area (Å²) in [5.41, 5.74) is 0. The van der Waals surface area contributed by atoms with Crippen molar-refractivity contribution in [2.24, 2.45) is 0 Å². The lowest BCUT2D eigenvalue weighted by molar-refractivity contribution is -0.137. The fourth-order valence-electron chi connectivity index (χ4n) is 3.09. The van der Waals surface area contributed by atoms with Gasteiger partial charge in [0.25, 0.3) is 5.91 Å². The van der Waals surface area contributed by atoms with E-state index in [9.17, 15) is 13.2 Å². The summed E-state index contributed by atoms with van der Waals surface area (Å²) in [5.74, 6) is -0.0360. The lowest BCUT2D eigenvalue weighted by Crippen LogP contribution is -2.43. The second-order valence-corrected chi connectivity index (χ2v) is 8.68. The van der Waals surface area contributed by atoms with E-state index in [1.165, 1.54) is 16.4 Å². The number of rotatable bonds is 5. The number of amides is 1. The Morgan fingerprint density at radius 2 is 1.81 bits per heavy atom. The zero-order chi connectivity index (χ0) is 18.6. The maximum absolute atomic E-state index is 13.0. The largest absolute Gasteiger partial charge is 0.482 e. The van der Waals surface area contributed by atoms with Crippen molar-refractivity contribution >= 4 is 27.5 Å². The third-order valence-electron chi connectivity index (χ3n) is 4.55. The molecule has 1 aromatic rings. The van der Waals surface area contributed by atoms with Crippen LogP contribution in [0, 0.1) is 0 Å². The fraction of sp³-hybridized carbons (Fsp3) is 0.588.